The van der Waals surface area contributed by atoms with Gasteiger partial charge >= 0.3 is 0 Å². The van der Waals surface area contributed by atoms with Gasteiger partial charge in [0.2, 0.25) is 5.91 Å². The van der Waals surface area contributed by atoms with Gasteiger partial charge in [-0.3, -0.25) is 4.79 Å². The third-order valence-corrected chi connectivity index (χ3v) is 3.11. The summed E-state index contributed by atoms with van der Waals surface area (Å²) in [6, 6.07) is -0.358. The van der Waals surface area contributed by atoms with Gasteiger partial charge in [0.1, 0.15) is 0 Å². The number of hydrogen-bond donors (Lipinski definition) is 2. The molecule has 1 aliphatic rings. The van der Waals surface area contributed by atoms with Gasteiger partial charge in [-0.2, -0.15) is 0 Å². The summed E-state index contributed by atoms with van der Waals surface area (Å²) in [4.78, 5) is 11.8. The number of nitrogens with two attached hydrogens (primary N) is 1. The molecule has 0 saturated heterocycles. The molecule has 0 bridgehead atoms. The first-order valence-electron chi connectivity index (χ1n) is 5.90. The van der Waals surface area contributed by atoms with E-state index in [1.807, 2.05) is 0 Å². The fraction of sp³-hybridized carbons (Fsp3) is 0.917. The number of carbonyl (C=O) groups excluding carboxylic acids is 1. The van der Waals surface area contributed by atoms with Crippen LogP contribution in [0.15, 0.2) is 0 Å². The maximum atomic E-state index is 11.8. The summed E-state index contributed by atoms with van der Waals surface area (Å²) in [6.07, 6.45) is 3.21. The van der Waals surface area contributed by atoms with E-state index in [0.29, 0.717) is 11.8 Å². The summed E-state index contributed by atoms with van der Waals surface area (Å²) in [5, 5.41) is 3.06. The molecule has 88 valence electrons. The van der Waals surface area contributed by atoms with Crippen molar-refractivity contribution in [3.8, 4) is 0 Å². The van der Waals surface area contributed by atoms with E-state index in [1.54, 1.807) is 0 Å². The van der Waals surface area contributed by atoms with Gasteiger partial charge in [-0.05, 0) is 44.9 Å². The van der Waals surface area contributed by atoms with E-state index in [4.69, 9.17) is 5.73 Å². The summed E-state index contributed by atoms with van der Waals surface area (Å²) < 4.78 is 0. The van der Waals surface area contributed by atoms with Gasteiger partial charge in [0.25, 0.3) is 0 Å². The molecule has 0 unspecified atom stereocenters. The van der Waals surface area contributed by atoms with Crippen LogP contribution in [-0.2, 0) is 4.79 Å². The highest BCUT2D eigenvalue weighted by atomic mass is 16.2. The summed E-state index contributed by atoms with van der Waals surface area (Å²) in [5.74, 6) is 1.11. The fourth-order valence-corrected chi connectivity index (χ4v) is 1.93. The highest BCUT2D eigenvalue weighted by Crippen LogP contribution is 2.39. The van der Waals surface area contributed by atoms with Crippen molar-refractivity contribution in [2.75, 3.05) is 0 Å². The summed E-state index contributed by atoms with van der Waals surface area (Å²) in [5.41, 5.74) is 5.76. The molecule has 1 amide bonds. The van der Waals surface area contributed by atoms with E-state index in [0.717, 1.165) is 6.42 Å². The third kappa shape index (κ3) is 3.82. The molecule has 15 heavy (non-hydrogen) atoms. The zero-order valence-electron chi connectivity index (χ0n) is 10.3. The first kappa shape index (κ1) is 12.5. The molecule has 1 rings (SSSR count). The van der Waals surface area contributed by atoms with Crippen LogP contribution >= 0.6 is 0 Å². The molecule has 0 heterocycles. The largest absolute Gasteiger partial charge is 0.350 e. The smallest absolute Gasteiger partial charge is 0.237 e. The molecule has 1 aliphatic carbocycles. The lowest BCUT2D eigenvalue weighted by molar-refractivity contribution is -0.124. The van der Waals surface area contributed by atoms with E-state index in [2.05, 4.69) is 33.0 Å². The van der Waals surface area contributed by atoms with E-state index in [9.17, 15) is 4.79 Å². The van der Waals surface area contributed by atoms with E-state index >= 15 is 0 Å². The maximum absolute atomic E-state index is 11.8. The molecule has 1 fully saturated rings. The zero-order valence-corrected chi connectivity index (χ0v) is 10.3. The van der Waals surface area contributed by atoms with Crippen molar-refractivity contribution in [3.63, 3.8) is 0 Å². The van der Waals surface area contributed by atoms with Crippen molar-refractivity contribution in [2.45, 2.75) is 58.5 Å². The number of rotatable bonds is 5. The molecule has 0 spiro atoms. The lowest BCUT2D eigenvalue weighted by atomic mass is 9.97. The Hall–Kier alpha value is -0.570. The van der Waals surface area contributed by atoms with Crippen LogP contribution in [0.2, 0.25) is 0 Å². The van der Waals surface area contributed by atoms with Crippen molar-refractivity contribution in [1.29, 1.82) is 0 Å². The Bertz CT molecular complexity index is 232. The third-order valence-electron chi connectivity index (χ3n) is 3.11. The standard InChI is InChI=1S/C12H24N2O/c1-8(2)7-10(13)11(15)14-12(3,4)9-5-6-9/h8-10H,5-7,13H2,1-4H3,(H,14,15)/t10-/m0/s1. The van der Waals surface area contributed by atoms with Gasteiger partial charge in [0.15, 0.2) is 0 Å². The average Bonchev–Trinajstić information content (AvgIpc) is 2.83. The van der Waals surface area contributed by atoms with E-state index < -0.39 is 0 Å². The minimum Gasteiger partial charge on any atom is -0.350 e. The molecule has 0 aromatic carbocycles. The molecule has 0 aliphatic heterocycles. The van der Waals surface area contributed by atoms with Crippen LogP contribution in [0.5, 0.6) is 0 Å². The molecule has 3 heteroatoms. The zero-order chi connectivity index (χ0) is 11.6. The summed E-state index contributed by atoms with van der Waals surface area (Å²) in [7, 11) is 0. The second-order valence-electron chi connectivity index (χ2n) is 5.72. The Morgan fingerprint density at radius 2 is 2.00 bits per heavy atom. The molecule has 3 nitrogen and oxygen atoms in total. The van der Waals surface area contributed by atoms with Gasteiger partial charge in [-0.15, -0.1) is 0 Å². The van der Waals surface area contributed by atoms with Crippen LogP contribution in [0.25, 0.3) is 0 Å². The topological polar surface area (TPSA) is 55.1 Å². The Kier molecular flexibility index (Phi) is 3.77. The molecule has 1 saturated carbocycles. The van der Waals surface area contributed by atoms with Gasteiger partial charge in [-0.1, -0.05) is 13.8 Å². The number of hydrogen-bond acceptors (Lipinski definition) is 2. The molecule has 0 aromatic heterocycles. The van der Waals surface area contributed by atoms with Gasteiger partial charge in [0.05, 0.1) is 6.04 Å². The van der Waals surface area contributed by atoms with Crippen LogP contribution < -0.4 is 11.1 Å². The van der Waals surface area contributed by atoms with Crippen LogP contribution in [0.1, 0.15) is 47.0 Å². The summed E-state index contributed by atoms with van der Waals surface area (Å²) >= 11 is 0. The number of nitrogens with one attached hydrogen (secondary N) is 1. The van der Waals surface area contributed by atoms with E-state index in [-0.39, 0.29) is 17.5 Å². The minimum absolute atomic E-state index is 0.000556. The van der Waals surface area contributed by atoms with Crippen LogP contribution in [0.3, 0.4) is 0 Å². The predicted molar refractivity (Wildman–Crippen MR) is 62.4 cm³/mol. The molecular formula is C12H24N2O. The quantitative estimate of drug-likeness (QED) is 0.728. The molecule has 1 atom stereocenters. The highest BCUT2D eigenvalue weighted by Gasteiger charge is 2.39. The Morgan fingerprint density at radius 3 is 2.40 bits per heavy atom. The molecule has 3 N–H and O–H groups in total. The van der Waals surface area contributed by atoms with Crippen LogP contribution in [0.4, 0.5) is 0 Å². The minimum atomic E-state index is -0.358. The van der Waals surface area contributed by atoms with Crippen molar-refractivity contribution in [3.05, 3.63) is 0 Å². The molecule has 0 radical (unpaired) electrons. The second-order valence-corrected chi connectivity index (χ2v) is 5.72. The lowest BCUT2D eigenvalue weighted by Crippen LogP contribution is -2.52. The monoisotopic (exact) mass is 212 g/mol. The second kappa shape index (κ2) is 4.52. The van der Waals surface area contributed by atoms with Crippen molar-refractivity contribution in [1.82, 2.24) is 5.32 Å². The van der Waals surface area contributed by atoms with Crippen molar-refractivity contribution in [2.24, 2.45) is 17.6 Å². The highest BCUT2D eigenvalue weighted by molar-refractivity contribution is 5.82. The van der Waals surface area contributed by atoms with Crippen LogP contribution in [0, 0.1) is 11.8 Å². The average molecular weight is 212 g/mol. The molecule has 0 aromatic rings. The number of carbonyl (C=O) groups is 1. The Balaban J connectivity index is 2.40. The predicted octanol–water partition coefficient (Wildman–Crippen LogP) is 1.66. The number of amides is 1. The van der Waals surface area contributed by atoms with Gasteiger partial charge in [0, 0.05) is 5.54 Å². The van der Waals surface area contributed by atoms with Gasteiger partial charge < -0.3 is 11.1 Å². The fourth-order valence-electron chi connectivity index (χ4n) is 1.93. The Labute approximate surface area is 92.8 Å². The van der Waals surface area contributed by atoms with Crippen LogP contribution in [-0.4, -0.2) is 17.5 Å². The maximum Gasteiger partial charge on any atom is 0.237 e. The van der Waals surface area contributed by atoms with E-state index in [1.165, 1.54) is 12.8 Å². The summed E-state index contributed by atoms with van der Waals surface area (Å²) in [6.45, 7) is 8.34. The lowest BCUT2D eigenvalue weighted by Gasteiger charge is -2.28. The normalized spacial score (nSPS) is 19.1. The van der Waals surface area contributed by atoms with Gasteiger partial charge in [-0.25, -0.2) is 0 Å². The first-order valence-corrected chi connectivity index (χ1v) is 5.90. The SMILES string of the molecule is CC(C)C[C@H](N)C(=O)NC(C)(C)C1CC1. The molecular weight excluding hydrogens is 188 g/mol. The van der Waals surface area contributed by atoms with Crippen molar-refractivity contribution < 1.29 is 4.79 Å². The first-order chi connectivity index (χ1) is 6.83. The van der Waals surface area contributed by atoms with Crippen molar-refractivity contribution >= 4 is 5.91 Å². The Morgan fingerprint density at radius 1 is 1.47 bits per heavy atom.